The van der Waals surface area contributed by atoms with Crippen molar-refractivity contribution in [2.24, 2.45) is 0 Å². The van der Waals surface area contributed by atoms with Gasteiger partial charge in [0.05, 0.1) is 26.5 Å². The molecule has 0 bridgehead atoms. The summed E-state index contributed by atoms with van der Waals surface area (Å²) < 4.78 is 10.8. The molecule has 0 atom stereocenters. The lowest BCUT2D eigenvalue weighted by atomic mass is 10.0. The molecule has 2 aromatic rings. The van der Waals surface area contributed by atoms with Crippen molar-refractivity contribution in [3.05, 3.63) is 40.8 Å². The summed E-state index contributed by atoms with van der Waals surface area (Å²) in [5.41, 5.74) is 2.45. The molecule has 0 fully saturated rings. The molecule has 3 rings (SSSR count). The van der Waals surface area contributed by atoms with Gasteiger partial charge in [-0.2, -0.15) is 0 Å². The van der Waals surface area contributed by atoms with Crippen LogP contribution < -0.4 is 14.4 Å². The lowest BCUT2D eigenvalue weighted by Gasteiger charge is -2.31. The van der Waals surface area contributed by atoms with Gasteiger partial charge in [0.15, 0.2) is 0 Å². The Bertz CT molecular complexity index is 814. The number of carbonyl (C=O) groups excluding carboxylic acids is 1. The quantitative estimate of drug-likeness (QED) is 0.835. The smallest absolute Gasteiger partial charge is 0.261 e. The highest BCUT2D eigenvalue weighted by molar-refractivity contribution is 6.00. The number of amides is 1. The van der Waals surface area contributed by atoms with Crippen LogP contribution in [0.5, 0.6) is 11.5 Å². The van der Waals surface area contributed by atoms with Crippen LogP contribution in [0.15, 0.2) is 18.2 Å². The van der Waals surface area contributed by atoms with Gasteiger partial charge in [-0.05, 0) is 19.1 Å². The topological polar surface area (TPSA) is 67.8 Å². The van der Waals surface area contributed by atoms with E-state index in [1.165, 1.54) is 0 Å². The Morgan fingerprint density at radius 3 is 2.38 bits per heavy atom. The molecule has 26 heavy (non-hydrogen) atoms. The number of methoxy groups -OCH3 is 2. The summed E-state index contributed by atoms with van der Waals surface area (Å²) in [5, 5.41) is 0. The van der Waals surface area contributed by atoms with Gasteiger partial charge in [-0.25, -0.2) is 9.97 Å². The first kappa shape index (κ1) is 18.0. The predicted molar refractivity (Wildman–Crippen MR) is 99.1 cm³/mol. The Balaban J connectivity index is 1.98. The van der Waals surface area contributed by atoms with E-state index in [0.717, 1.165) is 22.9 Å². The van der Waals surface area contributed by atoms with Crippen molar-refractivity contribution in [2.75, 3.05) is 39.8 Å². The molecule has 1 aromatic carbocycles. The molecule has 0 aliphatic carbocycles. The Kier molecular flexibility index (Phi) is 4.97. The number of carbonyl (C=O) groups is 1. The normalized spacial score (nSPS) is 13.2. The number of benzene rings is 1. The van der Waals surface area contributed by atoms with Crippen LogP contribution in [-0.4, -0.2) is 55.6 Å². The van der Waals surface area contributed by atoms with Crippen LogP contribution in [0.1, 0.15) is 27.4 Å². The number of aromatic nitrogens is 2. The van der Waals surface area contributed by atoms with Crippen molar-refractivity contribution < 1.29 is 14.3 Å². The van der Waals surface area contributed by atoms with Crippen molar-refractivity contribution in [1.82, 2.24) is 14.9 Å². The van der Waals surface area contributed by atoms with E-state index in [2.05, 4.69) is 9.97 Å². The van der Waals surface area contributed by atoms with E-state index in [-0.39, 0.29) is 5.91 Å². The van der Waals surface area contributed by atoms with Crippen LogP contribution in [0.3, 0.4) is 0 Å². The summed E-state index contributed by atoms with van der Waals surface area (Å²) in [4.78, 5) is 26.1. The second kappa shape index (κ2) is 7.19. The number of rotatable bonds is 4. The minimum atomic E-state index is -0.116. The Morgan fingerprint density at radius 2 is 1.81 bits per heavy atom. The standard InChI is InChI=1S/C19H24N4O3/c1-12-20-14-9-10-23(11-13(14)18(21-12)22(2)3)19(24)17-15(25-4)7-6-8-16(17)26-5/h6-8H,9-11H2,1-5H3. The fourth-order valence-electron chi connectivity index (χ4n) is 3.28. The van der Waals surface area contributed by atoms with Gasteiger partial charge in [0.25, 0.3) is 5.91 Å². The van der Waals surface area contributed by atoms with E-state index in [0.29, 0.717) is 36.6 Å². The largest absolute Gasteiger partial charge is 0.496 e. The fourth-order valence-corrected chi connectivity index (χ4v) is 3.28. The Labute approximate surface area is 153 Å². The molecule has 1 aromatic heterocycles. The van der Waals surface area contributed by atoms with Gasteiger partial charge < -0.3 is 19.3 Å². The Morgan fingerprint density at radius 1 is 1.15 bits per heavy atom. The van der Waals surface area contributed by atoms with Crippen molar-refractivity contribution in [3.8, 4) is 11.5 Å². The zero-order chi connectivity index (χ0) is 18.8. The average Bonchev–Trinajstić information content (AvgIpc) is 2.65. The molecule has 0 saturated heterocycles. The van der Waals surface area contributed by atoms with Crippen molar-refractivity contribution in [2.45, 2.75) is 19.9 Å². The maximum absolute atomic E-state index is 13.2. The van der Waals surface area contributed by atoms with Gasteiger partial charge in [0, 0.05) is 32.6 Å². The number of ether oxygens (including phenoxy) is 2. The van der Waals surface area contributed by atoms with Crippen LogP contribution in [0.25, 0.3) is 0 Å². The van der Waals surface area contributed by atoms with Crippen LogP contribution in [-0.2, 0) is 13.0 Å². The van der Waals surface area contributed by atoms with Crippen LogP contribution in [0, 0.1) is 6.92 Å². The van der Waals surface area contributed by atoms with Gasteiger partial charge in [0.1, 0.15) is 28.7 Å². The van der Waals surface area contributed by atoms with Gasteiger partial charge in [0.2, 0.25) is 0 Å². The summed E-state index contributed by atoms with van der Waals surface area (Å²) in [6.07, 6.45) is 0.697. The lowest BCUT2D eigenvalue weighted by molar-refractivity contribution is 0.0726. The van der Waals surface area contributed by atoms with E-state index in [4.69, 9.17) is 9.47 Å². The fraction of sp³-hybridized carbons (Fsp3) is 0.421. The van der Waals surface area contributed by atoms with Gasteiger partial charge in [-0.1, -0.05) is 6.07 Å². The van der Waals surface area contributed by atoms with E-state index in [1.54, 1.807) is 37.3 Å². The highest BCUT2D eigenvalue weighted by Gasteiger charge is 2.29. The third kappa shape index (κ3) is 3.16. The number of hydrogen-bond acceptors (Lipinski definition) is 6. The van der Waals surface area contributed by atoms with E-state index < -0.39 is 0 Å². The van der Waals surface area contributed by atoms with Crippen LogP contribution in [0.2, 0.25) is 0 Å². The molecule has 0 radical (unpaired) electrons. The molecule has 1 amide bonds. The highest BCUT2D eigenvalue weighted by Crippen LogP contribution is 2.32. The molecule has 0 spiro atoms. The molecule has 138 valence electrons. The lowest BCUT2D eigenvalue weighted by Crippen LogP contribution is -2.38. The average molecular weight is 356 g/mol. The molecular weight excluding hydrogens is 332 g/mol. The highest BCUT2D eigenvalue weighted by atomic mass is 16.5. The third-order valence-electron chi connectivity index (χ3n) is 4.50. The van der Waals surface area contributed by atoms with Crippen LogP contribution >= 0.6 is 0 Å². The first-order valence-corrected chi connectivity index (χ1v) is 8.50. The molecule has 2 heterocycles. The zero-order valence-corrected chi connectivity index (χ0v) is 15.9. The minimum absolute atomic E-state index is 0.116. The molecule has 7 heteroatoms. The first-order valence-electron chi connectivity index (χ1n) is 8.50. The summed E-state index contributed by atoms with van der Waals surface area (Å²) in [6.45, 7) is 2.95. The SMILES string of the molecule is COc1cccc(OC)c1C(=O)N1CCc2nc(C)nc(N(C)C)c2C1. The van der Waals surface area contributed by atoms with E-state index in [1.807, 2.05) is 25.9 Å². The maximum atomic E-state index is 13.2. The van der Waals surface area contributed by atoms with Gasteiger partial charge in [-0.3, -0.25) is 4.79 Å². The molecule has 1 aliphatic heterocycles. The predicted octanol–water partition coefficient (Wildman–Crippen LogP) is 2.07. The summed E-state index contributed by atoms with van der Waals surface area (Å²) in [5.74, 6) is 2.51. The van der Waals surface area contributed by atoms with Crippen LogP contribution in [0.4, 0.5) is 5.82 Å². The molecule has 7 nitrogen and oxygen atoms in total. The zero-order valence-electron chi connectivity index (χ0n) is 15.9. The second-order valence-corrected chi connectivity index (χ2v) is 6.43. The molecule has 0 unspecified atom stereocenters. The van der Waals surface area contributed by atoms with Gasteiger partial charge in [-0.15, -0.1) is 0 Å². The number of hydrogen-bond donors (Lipinski definition) is 0. The first-order chi connectivity index (χ1) is 12.5. The maximum Gasteiger partial charge on any atom is 0.261 e. The molecule has 0 saturated carbocycles. The van der Waals surface area contributed by atoms with Crippen molar-refractivity contribution in [1.29, 1.82) is 0 Å². The summed E-state index contributed by atoms with van der Waals surface area (Å²) >= 11 is 0. The summed E-state index contributed by atoms with van der Waals surface area (Å²) in [6, 6.07) is 5.34. The van der Waals surface area contributed by atoms with E-state index in [9.17, 15) is 4.79 Å². The number of nitrogens with zero attached hydrogens (tertiary/aromatic N) is 4. The third-order valence-corrected chi connectivity index (χ3v) is 4.50. The summed E-state index contributed by atoms with van der Waals surface area (Å²) in [7, 11) is 7.01. The Hall–Kier alpha value is -2.83. The second-order valence-electron chi connectivity index (χ2n) is 6.43. The van der Waals surface area contributed by atoms with Crippen molar-refractivity contribution >= 4 is 11.7 Å². The number of anilines is 1. The monoisotopic (exact) mass is 356 g/mol. The minimum Gasteiger partial charge on any atom is -0.496 e. The number of aryl methyl sites for hydroxylation is 1. The molecule has 0 N–H and O–H groups in total. The number of fused-ring (bicyclic) bond motifs is 1. The molecular formula is C19H24N4O3. The van der Waals surface area contributed by atoms with Gasteiger partial charge >= 0.3 is 0 Å². The van der Waals surface area contributed by atoms with Crippen molar-refractivity contribution in [3.63, 3.8) is 0 Å². The molecule has 1 aliphatic rings. The van der Waals surface area contributed by atoms with E-state index >= 15 is 0 Å².